The number of halogens is 1. The molecule has 0 bridgehead atoms. The van der Waals surface area contributed by atoms with Gasteiger partial charge in [-0.2, -0.15) is 0 Å². The second-order valence-electron chi connectivity index (χ2n) is 8.97. The molecule has 3 aromatic carbocycles. The SMILES string of the molecule is COc1cc(C(=O)NCc2nnc(SCC(=O)Nc3cc(C)ccc3C)n2-c2cccc(Cl)c2)cc(OC)c1OC. The molecule has 0 saturated heterocycles. The molecule has 0 aliphatic rings. The molecule has 0 atom stereocenters. The van der Waals surface area contributed by atoms with Gasteiger partial charge in [-0.1, -0.05) is 41.6 Å². The third kappa shape index (κ3) is 7.11. The first-order valence-corrected chi connectivity index (χ1v) is 13.9. The largest absolute Gasteiger partial charge is 0.493 e. The van der Waals surface area contributed by atoms with E-state index < -0.39 is 0 Å². The number of nitrogens with zero attached hydrogens (tertiary/aromatic N) is 3. The fourth-order valence-corrected chi connectivity index (χ4v) is 5.00. The summed E-state index contributed by atoms with van der Waals surface area (Å²) < 4.78 is 17.8. The van der Waals surface area contributed by atoms with E-state index in [0.29, 0.717) is 44.5 Å². The van der Waals surface area contributed by atoms with E-state index in [-0.39, 0.29) is 24.1 Å². The highest BCUT2D eigenvalue weighted by Crippen LogP contribution is 2.38. The van der Waals surface area contributed by atoms with Crippen LogP contribution in [0, 0.1) is 13.8 Å². The van der Waals surface area contributed by atoms with Crippen molar-refractivity contribution in [1.82, 2.24) is 20.1 Å². The lowest BCUT2D eigenvalue weighted by Crippen LogP contribution is -2.25. The van der Waals surface area contributed by atoms with Gasteiger partial charge in [-0.05, 0) is 61.4 Å². The lowest BCUT2D eigenvalue weighted by molar-refractivity contribution is -0.113. The monoisotopic (exact) mass is 595 g/mol. The van der Waals surface area contributed by atoms with E-state index in [0.717, 1.165) is 16.8 Å². The van der Waals surface area contributed by atoms with Crippen molar-refractivity contribution >= 4 is 40.9 Å². The Morgan fingerprint density at radius 2 is 1.68 bits per heavy atom. The molecule has 10 nitrogen and oxygen atoms in total. The minimum Gasteiger partial charge on any atom is -0.493 e. The molecule has 0 unspecified atom stereocenters. The van der Waals surface area contributed by atoms with Crippen LogP contribution in [0.4, 0.5) is 5.69 Å². The minimum absolute atomic E-state index is 0.0459. The number of methoxy groups -OCH3 is 3. The summed E-state index contributed by atoms with van der Waals surface area (Å²) in [5.41, 5.74) is 3.80. The maximum Gasteiger partial charge on any atom is 0.251 e. The van der Waals surface area contributed by atoms with Gasteiger partial charge < -0.3 is 24.8 Å². The molecule has 0 aliphatic heterocycles. The molecule has 0 aliphatic carbocycles. The number of aromatic nitrogens is 3. The number of amides is 2. The summed E-state index contributed by atoms with van der Waals surface area (Å²) in [7, 11) is 4.45. The van der Waals surface area contributed by atoms with Crippen molar-refractivity contribution in [2.75, 3.05) is 32.4 Å². The predicted molar refractivity (Wildman–Crippen MR) is 159 cm³/mol. The summed E-state index contributed by atoms with van der Waals surface area (Å²) >= 11 is 7.50. The fourth-order valence-electron chi connectivity index (χ4n) is 4.04. The first-order valence-electron chi connectivity index (χ1n) is 12.5. The molecule has 1 heterocycles. The fraction of sp³-hybridized carbons (Fsp3) is 0.241. The van der Waals surface area contributed by atoms with Gasteiger partial charge in [-0.15, -0.1) is 10.2 Å². The summed E-state index contributed by atoms with van der Waals surface area (Å²) in [5, 5.41) is 15.4. The molecule has 12 heteroatoms. The minimum atomic E-state index is -0.382. The maximum absolute atomic E-state index is 13.1. The Morgan fingerprint density at radius 1 is 0.951 bits per heavy atom. The summed E-state index contributed by atoms with van der Waals surface area (Å²) in [6.07, 6.45) is 0. The van der Waals surface area contributed by atoms with Crippen molar-refractivity contribution in [3.05, 3.63) is 82.1 Å². The number of anilines is 1. The summed E-state index contributed by atoms with van der Waals surface area (Å²) in [5.74, 6) is 1.09. The Morgan fingerprint density at radius 3 is 2.34 bits per heavy atom. The van der Waals surface area contributed by atoms with Crippen LogP contribution in [-0.2, 0) is 11.3 Å². The van der Waals surface area contributed by atoms with Crippen LogP contribution in [0.2, 0.25) is 5.02 Å². The van der Waals surface area contributed by atoms with Crippen LogP contribution in [-0.4, -0.2) is 53.7 Å². The number of hydrogen-bond acceptors (Lipinski definition) is 8. The smallest absolute Gasteiger partial charge is 0.251 e. The molecule has 0 saturated carbocycles. The zero-order chi connectivity index (χ0) is 29.5. The number of thioether (sulfide) groups is 1. The van der Waals surface area contributed by atoms with Crippen LogP contribution in [0.5, 0.6) is 17.2 Å². The Bertz CT molecular complexity index is 1550. The van der Waals surface area contributed by atoms with Crippen molar-refractivity contribution in [3.8, 4) is 22.9 Å². The number of carbonyl (C=O) groups excluding carboxylic acids is 2. The summed E-state index contributed by atoms with van der Waals surface area (Å²) in [6, 6.07) is 16.2. The number of hydrogen-bond donors (Lipinski definition) is 2. The molecule has 1 aromatic heterocycles. The number of rotatable bonds is 11. The molecule has 41 heavy (non-hydrogen) atoms. The van der Waals surface area contributed by atoms with Gasteiger partial charge in [0.25, 0.3) is 5.91 Å². The molecule has 4 rings (SSSR count). The number of aryl methyl sites for hydroxylation is 2. The van der Waals surface area contributed by atoms with Crippen LogP contribution in [0.25, 0.3) is 5.69 Å². The van der Waals surface area contributed by atoms with E-state index in [4.69, 9.17) is 25.8 Å². The van der Waals surface area contributed by atoms with Crippen molar-refractivity contribution in [2.45, 2.75) is 25.5 Å². The molecule has 0 spiro atoms. The van der Waals surface area contributed by atoms with Gasteiger partial charge in [-0.25, -0.2) is 0 Å². The van der Waals surface area contributed by atoms with Gasteiger partial charge in [0.05, 0.1) is 39.3 Å². The van der Waals surface area contributed by atoms with Crippen molar-refractivity contribution in [1.29, 1.82) is 0 Å². The van der Waals surface area contributed by atoms with Gasteiger partial charge in [0, 0.05) is 16.3 Å². The van der Waals surface area contributed by atoms with E-state index in [2.05, 4.69) is 20.8 Å². The number of benzene rings is 3. The molecule has 4 aromatic rings. The summed E-state index contributed by atoms with van der Waals surface area (Å²) in [6.45, 7) is 3.96. The predicted octanol–water partition coefficient (Wildman–Crippen LogP) is 5.22. The zero-order valence-electron chi connectivity index (χ0n) is 23.3. The average molecular weight is 596 g/mol. The first-order chi connectivity index (χ1) is 19.7. The lowest BCUT2D eigenvalue weighted by atomic mass is 10.1. The first kappa shape index (κ1) is 29.8. The molecule has 0 radical (unpaired) electrons. The Hall–Kier alpha value is -4.22. The highest BCUT2D eigenvalue weighted by molar-refractivity contribution is 7.99. The second-order valence-corrected chi connectivity index (χ2v) is 10.3. The highest BCUT2D eigenvalue weighted by Gasteiger charge is 2.20. The van der Waals surface area contributed by atoms with Crippen molar-refractivity contribution < 1.29 is 23.8 Å². The number of carbonyl (C=O) groups is 2. The van der Waals surface area contributed by atoms with E-state index >= 15 is 0 Å². The Labute approximate surface area is 247 Å². The van der Waals surface area contributed by atoms with Gasteiger partial charge in [0.1, 0.15) is 0 Å². The molecular formula is C29H30ClN5O5S. The Kier molecular flexibility index (Phi) is 9.74. The van der Waals surface area contributed by atoms with Gasteiger partial charge in [-0.3, -0.25) is 14.2 Å². The van der Waals surface area contributed by atoms with Crippen LogP contribution in [0.15, 0.2) is 59.8 Å². The average Bonchev–Trinajstić information content (AvgIpc) is 3.38. The van der Waals surface area contributed by atoms with Crippen LogP contribution in [0.3, 0.4) is 0 Å². The molecule has 0 fully saturated rings. The number of ether oxygens (including phenoxy) is 3. The second kappa shape index (κ2) is 13.4. The van der Waals surface area contributed by atoms with Crippen LogP contribution in [0.1, 0.15) is 27.3 Å². The third-order valence-electron chi connectivity index (χ3n) is 6.10. The maximum atomic E-state index is 13.1. The topological polar surface area (TPSA) is 117 Å². The van der Waals surface area contributed by atoms with Crippen LogP contribution >= 0.6 is 23.4 Å². The molecule has 2 amide bonds. The van der Waals surface area contributed by atoms with Gasteiger partial charge >= 0.3 is 0 Å². The van der Waals surface area contributed by atoms with E-state index in [1.54, 1.807) is 34.9 Å². The standard InChI is InChI=1S/C29H30ClN5O5S/c1-17-9-10-18(2)22(11-17)32-26(36)16-41-29-34-33-25(35(29)21-8-6-7-20(30)14-21)15-31-28(37)19-12-23(38-3)27(40-5)24(13-19)39-4/h6-14H,15-16H2,1-5H3,(H,31,37)(H,32,36). The summed E-state index contributed by atoms with van der Waals surface area (Å²) in [4.78, 5) is 25.9. The Balaban J connectivity index is 1.54. The van der Waals surface area contributed by atoms with Gasteiger partial charge in [0.2, 0.25) is 11.7 Å². The van der Waals surface area contributed by atoms with Crippen molar-refractivity contribution in [3.63, 3.8) is 0 Å². The van der Waals surface area contributed by atoms with Crippen molar-refractivity contribution in [2.24, 2.45) is 0 Å². The van der Waals surface area contributed by atoms with E-state index in [1.807, 2.05) is 38.1 Å². The number of nitrogens with one attached hydrogen (secondary N) is 2. The zero-order valence-corrected chi connectivity index (χ0v) is 24.9. The molecule has 2 N–H and O–H groups in total. The molecule has 214 valence electrons. The lowest BCUT2D eigenvalue weighted by Gasteiger charge is -2.14. The normalized spacial score (nSPS) is 10.7. The van der Waals surface area contributed by atoms with Crippen LogP contribution < -0.4 is 24.8 Å². The van der Waals surface area contributed by atoms with E-state index in [1.165, 1.54) is 33.1 Å². The highest BCUT2D eigenvalue weighted by atomic mass is 35.5. The molecular weight excluding hydrogens is 566 g/mol. The van der Waals surface area contributed by atoms with Gasteiger partial charge in [0.15, 0.2) is 22.5 Å². The third-order valence-corrected chi connectivity index (χ3v) is 7.26. The quantitative estimate of drug-likeness (QED) is 0.227. The van der Waals surface area contributed by atoms with E-state index in [9.17, 15) is 9.59 Å².